The zero-order chi connectivity index (χ0) is 16.2. The van der Waals surface area contributed by atoms with Gasteiger partial charge in [0, 0.05) is 34.8 Å². The lowest BCUT2D eigenvalue weighted by Gasteiger charge is -2.15. The first-order valence-corrected chi connectivity index (χ1v) is 8.24. The minimum absolute atomic E-state index is 0.656. The fourth-order valence-corrected chi connectivity index (χ4v) is 3.10. The van der Waals surface area contributed by atoms with Crippen LogP contribution in [-0.2, 0) is 6.54 Å². The topological polar surface area (TPSA) is 19.0 Å². The summed E-state index contributed by atoms with van der Waals surface area (Å²) < 4.78 is 0. The molecule has 0 saturated carbocycles. The number of hydrogen-bond acceptors (Lipinski definition) is 1. The number of aromatic nitrogens is 1. The molecule has 1 heterocycles. The summed E-state index contributed by atoms with van der Waals surface area (Å²) in [5.74, 6) is 0. The van der Waals surface area contributed by atoms with Crippen LogP contribution in [0.25, 0.3) is 17.0 Å². The van der Waals surface area contributed by atoms with Crippen LogP contribution in [0, 0.1) is 0 Å². The van der Waals surface area contributed by atoms with Gasteiger partial charge in [0.15, 0.2) is 0 Å². The maximum absolute atomic E-state index is 6.17. The van der Waals surface area contributed by atoms with Crippen molar-refractivity contribution >= 4 is 40.2 Å². The average Bonchev–Trinajstić information content (AvgIpc) is 2.99. The van der Waals surface area contributed by atoms with Crippen LogP contribution < -0.4 is 0 Å². The molecule has 0 aliphatic heterocycles. The molecular formula is C19H18Cl2N2. The molecule has 0 atom stereocenters. The predicted octanol–water partition coefficient (Wildman–Crippen LogP) is 5.62. The molecule has 0 saturated heterocycles. The van der Waals surface area contributed by atoms with Gasteiger partial charge in [0.1, 0.15) is 0 Å². The van der Waals surface area contributed by atoms with E-state index in [1.165, 1.54) is 16.5 Å². The summed E-state index contributed by atoms with van der Waals surface area (Å²) in [5.41, 5.74) is 3.49. The minimum Gasteiger partial charge on any atom is -0.361 e. The summed E-state index contributed by atoms with van der Waals surface area (Å²) in [4.78, 5) is 5.57. The molecule has 0 spiro atoms. The maximum Gasteiger partial charge on any atom is 0.0499 e. The highest BCUT2D eigenvalue weighted by atomic mass is 35.5. The number of likely N-dealkylation sites (N-methyl/N-ethyl adjacent to an activating group) is 1. The van der Waals surface area contributed by atoms with Gasteiger partial charge in [0.05, 0.1) is 0 Å². The van der Waals surface area contributed by atoms with Crippen LogP contribution in [0.5, 0.6) is 0 Å². The van der Waals surface area contributed by atoms with E-state index >= 15 is 0 Å². The molecule has 3 rings (SSSR count). The van der Waals surface area contributed by atoms with Crippen molar-refractivity contribution in [1.29, 1.82) is 0 Å². The number of nitrogens with zero attached hydrogens (tertiary/aromatic N) is 1. The van der Waals surface area contributed by atoms with Gasteiger partial charge in [0.2, 0.25) is 0 Å². The lowest BCUT2D eigenvalue weighted by Crippen LogP contribution is -2.17. The van der Waals surface area contributed by atoms with E-state index in [1.807, 2.05) is 24.4 Å². The Balaban J connectivity index is 1.64. The van der Waals surface area contributed by atoms with E-state index < -0.39 is 0 Å². The van der Waals surface area contributed by atoms with Crippen LogP contribution in [0.1, 0.15) is 11.1 Å². The second-order valence-corrected chi connectivity index (χ2v) is 6.47. The minimum atomic E-state index is 0.656. The summed E-state index contributed by atoms with van der Waals surface area (Å²) in [6.45, 7) is 1.73. The average molecular weight is 345 g/mol. The number of halogens is 2. The van der Waals surface area contributed by atoms with Crippen molar-refractivity contribution in [3.05, 3.63) is 75.9 Å². The summed E-state index contributed by atoms with van der Waals surface area (Å²) in [6, 6.07) is 14.0. The highest BCUT2D eigenvalue weighted by Crippen LogP contribution is 2.22. The number of fused-ring (bicyclic) bond motifs is 1. The molecule has 0 aliphatic rings. The van der Waals surface area contributed by atoms with Crippen LogP contribution >= 0.6 is 23.2 Å². The van der Waals surface area contributed by atoms with Crippen molar-refractivity contribution in [2.24, 2.45) is 0 Å². The van der Waals surface area contributed by atoms with Gasteiger partial charge in [-0.3, -0.25) is 4.90 Å². The van der Waals surface area contributed by atoms with Crippen LogP contribution in [0.3, 0.4) is 0 Å². The predicted molar refractivity (Wildman–Crippen MR) is 100 cm³/mol. The van der Waals surface area contributed by atoms with Crippen molar-refractivity contribution in [2.75, 3.05) is 13.6 Å². The second-order valence-electron chi connectivity index (χ2n) is 5.62. The van der Waals surface area contributed by atoms with E-state index in [1.54, 1.807) is 6.07 Å². The van der Waals surface area contributed by atoms with Crippen molar-refractivity contribution in [3.8, 4) is 0 Å². The van der Waals surface area contributed by atoms with E-state index in [0.29, 0.717) is 10.0 Å². The van der Waals surface area contributed by atoms with E-state index in [2.05, 4.69) is 47.3 Å². The SMILES string of the molecule is CN(C/C=C/c1ccc(Cl)cc1Cl)Cc1cccc2cc[nH]c12. The van der Waals surface area contributed by atoms with Crippen molar-refractivity contribution in [3.63, 3.8) is 0 Å². The Hall–Kier alpha value is -1.74. The molecule has 0 aliphatic carbocycles. The molecule has 0 radical (unpaired) electrons. The number of aromatic amines is 1. The Morgan fingerprint density at radius 2 is 2.00 bits per heavy atom. The summed E-state index contributed by atoms with van der Waals surface area (Å²) in [7, 11) is 2.11. The molecular weight excluding hydrogens is 327 g/mol. The largest absolute Gasteiger partial charge is 0.361 e. The Morgan fingerprint density at radius 3 is 2.83 bits per heavy atom. The summed E-state index contributed by atoms with van der Waals surface area (Å²) >= 11 is 12.1. The van der Waals surface area contributed by atoms with Gasteiger partial charge in [-0.05, 0) is 41.8 Å². The fraction of sp³-hybridized carbons (Fsp3) is 0.158. The molecule has 0 fully saturated rings. The van der Waals surface area contributed by atoms with E-state index in [4.69, 9.17) is 23.2 Å². The second kappa shape index (κ2) is 7.22. The Bertz CT molecular complexity index is 836. The van der Waals surface area contributed by atoms with Crippen molar-refractivity contribution < 1.29 is 0 Å². The summed E-state index contributed by atoms with van der Waals surface area (Å²) in [6.07, 6.45) is 6.13. The molecule has 0 bridgehead atoms. The monoisotopic (exact) mass is 344 g/mol. The van der Waals surface area contributed by atoms with Gasteiger partial charge in [-0.25, -0.2) is 0 Å². The highest BCUT2D eigenvalue weighted by molar-refractivity contribution is 6.35. The van der Waals surface area contributed by atoms with E-state index in [0.717, 1.165) is 18.7 Å². The number of para-hydroxylation sites is 1. The van der Waals surface area contributed by atoms with Gasteiger partial charge in [-0.2, -0.15) is 0 Å². The van der Waals surface area contributed by atoms with Crippen molar-refractivity contribution in [2.45, 2.75) is 6.54 Å². The molecule has 0 unspecified atom stereocenters. The lowest BCUT2D eigenvalue weighted by molar-refractivity contribution is 0.365. The number of hydrogen-bond donors (Lipinski definition) is 1. The lowest BCUT2D eigenvalue weighted by atomic mass is 10.1. The molecule has 2 nitrogen and oxygen atoms in total. The smallest absolute Gasteiger partial charge is 0.0499 e. The highest BCUT2D eigenvalue weighted by Gasteiger charge is 2.04. The Morgan fingerprint density at radius 1 is 1.13 bits per heavy atom. The zero-order valence-electron chi connectivity index (χ0n) is 12.9. The fourth-order valence-electron chi connectivity index (χ4n) is 2.63. The third-order valence-electron chi connectivity index (χ3n) is 3.79. The number of H-pyrrole nitrogens is 1. The van der Waals surface area contributed by atoms with Gasteiger partial charge in [-0.1, -0.05) is 59.6 Å². The number of rotatable bonds is 5. The van der Waals surface area contributed by atoms with Gasteiger partial charge >= 0.3 is 0 Å². The molecule has 0 amide bonds. The molecule has 3 aromatic rings. The third-order valence-corrected chi connectivity index (χ3v) is 4.35. The molecule has 23 heavy (non-hydrogen) atoms. The Kier molecular flexibility index (Phi) is 5.06. The van der Waals surface area contributed by atoms with Gasteiger partial charge in [-0.15, -0.1) is 0 Å². The molecule has 2 aromatic carbocycles. The van der Waals surface area contributed by atoms with Gasteiger partial charge < -0.3 is 4.98 Å². The first-order chi connectivity index (χ1) is 11.1. The third kappa shape index (κ3) is 3.97. The van der Waals surface area contributed by atoms with E-state index in [9.17, 15) is 0 Å². The number of nitrogens with one attached hydrogen (secondary N) is 1. The first kappa shape index (κ1) is 16.1. The maximum atomic E-state index is 6.17. The molecule has 4 heteroatoms. The normalized spacial score (nSPS) is 11.8. The number of benzene rings is 2. The first-order valence-electron chi connectivity index (χ1n) is 7.48. The van der Waals surface area contributed by atoms with E-state index in [-0.39, 0.29) is 0 Å². The van der Waals surface area contributed by atoms with Crippen LogP contribution in [0.2, 0.25) is 10.0 Å². The molecule has 118 valence electrons. The Labute approximate surface area is 146 Å². The zero-order valence-corrected chi connectivity index (χ0v) is 14.4. The molecule has 1 aromatic heterocycles. The van der Waals surface area contributed by atoms with Gasteiger partial charge in [0.25, 0.3) is 0 Å². The van der Waals surface area contributed by atoms with Crippen LogP contribution in [0.4, 0.5) is 0 Å². The quantitative estimate of drug-likeness (QED) is 0.636. The molecule has 1 N–H and O–H groups in total. The summed E-state index contributed by atoms with van der Waals surface area (Å²) in [5, 5.41) is 2.58. The van der Waals surface area contributed by atoms with Crippen LogP contribution in [-0.4, -0.2) is 23.5 Å². The standard InChI is InChI=1S/C19H18Cl2N2/c1-23(11-3-6-14-7-8-17(20)12-18(14)21)13-16-5-2-4-15-9-10-22-19(15)16/h2-10,12,22H,11,13H2,1H3/b6-3+. The van der Waals surface area contributed by atoms with Crippen molar-refractivity contribution in [1.82, 2.24) is 9.88 Å². The van der Waals surface area contributed by atoms with Crippen LogP contribution in [0.15, 0.2) is 54.7 Å².